The van der Waals surface area contributed by atoms with Gasteiger partial charge in [-0.3, -0.25) is 4.98 Å². The summed E-state index contributed by atoms with van der Waals surface area (Å²) in [6.07, 6.45) is 5.22. The molecule has 3 rings (SSSR count). The minimum atomic E-state index is 0.275. The van der Waals surface area contributed by atoms with Gasteiger partial charge in [-0.05, 0) is 6.07 Å². The summed E-state index contributed by atoms with van der Waals surface area (Å²) in [7, 11) is 0. The molecule has 3 heterocycles. The summed E-state index contributed by atoms with van der Waals surface area (Å²) in [6, 6.07) is 1.92. The number of hydrogen-bond acceptors (Lipinski definition) is 4. The van der Waals surface area contributed by atoms with Crippen LogP contribution in [0.15, 0.2) is 24.7 Å². The maximum absolute atomic E-state index is 5.49. The Bertz CT molecular complexity index is 613. The summed E-state index contributed by atoms with van der Waals surface area (Å²) >= 11 is 0. The van der Waals surface area contributed by atoms with Crippen LogP contribution >= 0.6 is 0 Å². The number of nitrogen functional groups attached to an aromatic ring is 1. The molecule has 0 unspecified atom stereocenters. The average Bonchev–Trinajstić information content (AvgIpc) is 2.54. The molecule has 0 aromatic carbocycles. The number of aromatic nitrogens is 4. The molecule has 3 aromatic heterocycles. The number of aromatic amines is 1. The Morgan fingerprint density at radius 2 is 2.14 bits per heavy atom. The van der Waals surface area contributed by atoms with Crippen LogP contribution in [0.4, 0.5) is 5.95 Å². The highest BCUT2D eigenvalue weighted by molar-refractivity contribution is 6.05. The molecule has 0 radical (unpaired) electrons. The summed E-state index contributed by atoms with van der Waals surface area (Å²) in [5.74, 6) is 0.275. The molecule has 3 aromatic rings. The number of fused-ring (bicyclic) bond motifs is 3. The second-order valence-corrected chi connectivity index (χ2v) is 3.04. The third kappa shape index (κ3) is 0.861. The summed E-state index contributed by atoms with van der Waals surface area (Å²) in [4.78, 5) is 15.2. The molecule has 0 aliphatic rings. The number of anilines is 1. The van der Waals surface area contributed by atoms with Crippen molar-refractivity contribution in [3.8, 4) is 0 Å². The van der Waals surface area contributed by atoms with E-state index in [1.165, 1.54) is 0 Å². The van der Waals surface area contributed by atoms with Crippen LogP contribution in [0.25, 0.3) is 21.9 Å². The quantitative estimate of drug-likeness (QED) is 0.549. The van der Waals surface area contributed by atoms with Crippen molar-refractivity contribution < 1.29 is 0 Å². The number of H-pyrrole nitrogens is 1. The fourth-order valence-corrected chi connectivity index (χ4v) is 1.54. The standard InChI is InChI=1S/C9H7N5/c10-9-12-3-6-5-1-2-11-4-7(5)13-8(6)14-9/h1-4H,(H3,10,12,13,14). The first kappa shape index (κ1) is 7.25. The maximum atomic E-state index is 5.49. The van der Waals surface area contributed by atoms with E-state index in [-0.39, 0.29) is 5.95 Å². The lowest BCUT2D eigenvalue weighted by Crippen LogP contribution is -1.92. The van der Waals surface area contributed by atoms with Crippen LogP contribution in [0.1, 0.15) is 0 Å². The van der Waals surface area contributed by atoms with Crippen LogP contribution in [0, 0.1) is 0 Å². The zero-order valence-electron chi connectivity index (χ0n) is 7.23. The van der Waals surface area contributed by atoms with Crippen molar-refractivity contribution in [2.75, 3.05) is 5.73 Å². The molecule has 0 saturated heterocycles. The monoisotopic (exact) mass is 185 g/mol. The van der Waals surface area contributed by atoms with Crippen LogP contribution in [0.3, 0.4) is 0 Å². The zero-order valence-corrected chi connectivity index (χ0v) is 7.23. The van der Waals surface area contributed by atoms with Gasteiger partial charge < -0.3 is 10.7 Å². The van der Waals surface area contributed by atoms with Crippen LogP contribution in [-0.2, 0) is 0 Å². The van der Waals surface area contributed by atoms with E-state index >= 15 is 0 Å². The van der Waals surface area contributed by atoms with Crippen LogP contribution < -0.4 is 5.73 Å². The zero-order chi connectivity index (χ0) is 9.54. The first-order valence-corrected chi connectivity index (χ1v) is 4.18. The van der Waals surface area contributed by atoms with Crippen LogP contribution in [-0.4, -0.2) is 19.9 Å². The molecule has 68 valence electrons. The van der Waals surface area contributed by atoms with E-state index in [0.717, 1.165) is 21.9 Å². The highest BCUT2D eigenvalue weighted by atomic mass is 15.0. The second-order valence-electron chi connectivity index (χ2n) is 3.04. The Labute approximate surface area is 79.0 Å². The minimum Gasteiger partial charge on any atom is -0.368 e. The third-order valence-electron chi connectivity index (χ3n) is 2.17. The van der Waals surface area contributed by atoms with Crippen molar-refractivity contribution in [3.05, 3.63) is 24.7 Å². The fraction of sp³-hybridized carbons (Fsp3) is 0. The average molecular weight is 185 g/mol. The van der Waals surface area contributed by atoms with Crippen molar-refractivity contribution in [1.29, 1.82) is 0 Å². The van der Waals surface area contributed by atoms with Crippen LogP contribution in [0.5, 0.6) is 0 Å². The Morgan fingerprint density at radius 3 is 3.07 bits per heavy atom. The number of hydrogen-bond donors (Lipinski definition) is 2. The first-order valence-electron chi connectivity index (χ1n) is 4.18. The largest absolute Gasteiger partial charge is 0.368 e. The minimum absolute atomic E-state index is 0.275. The van der Waals surface area contributed by atoms with Gasteiger partial charge in [0.25, 0.3) is 0 Å². The molecule has 0 saturated carbocycles. The number of nitrogens with one attached hydrogen (secondary N) is 1. The number of nitrogens with two attached hydrogens (primary N) is 1. The predicted octanol–water partition coefficient (Wildman–Crippen LogP) is 1.09. The first-order chi connectivity index (χ1) is 6.84. The molecule has 14 heavy (non-hydrogen) atoms. The number of rotatable bonds is 0. The van der Waals surface area contributed by atoms with Crippen molar-refractivity contribution in [2.45, 2.75) is 0 Å². The fourth-order valence-electron chi connectivity index (χ4n) is 1.54. The smallest absolute Gasteiger partial charge is 0.221 e. The summed E-state index contributed by atoms with van der Waals surface area (Å²) in [5.41, 5.74) is 7.18. The van der Waals surface area contributed by atoms with Gasteiger partial charge >= 0.3 is 0 Å². The molecule has 0 bridgehead atoms. The van der Waals surface area contributed by atoms with E-state index in [4.69, 9.17) is 5.73 Å². The Kier molecular flexibility index (Phi) is 1.25. The summed E-state index contributed by atoms with van der Waals surface area (Å²) in [6.45, 7) is 0. The molecule has 3 N–H and O–H groups in total. The molecule has 0 atom stereocenters. The van der Waals surface area contributed by atoms with E-state index in [1.54, 1.807) is 18.6 Å². The SMILES string of the molecule is Nc1ncc2c(n1)[nH]c1cnccc12. The van der Waals surface area contributed by atoms with E-state index in [9.17, 15) is 0 Å². The summed E-state index contributed by atoms with van der Waals surface area (Å²) < 4.78 is 0. The van der Waals surface area contributed by atoms with Crippen LogP contribution in [0.2, 0.25) is 0 Å². The molecule has 0 aliphatic heterocycles. The van der Waals surface area contributed by atoms with Gasteiger partial charge in [0.05, 0.1) is 11.7 Å². The molecule has 0 spiro atoms. The number of nitrogens with zero attached hydrogens (tertiary/aromatic N) is 3. The van der Waals surface area contributed by atoms with E-state index in [1.807, 2.05) is 6.07 Å². The highest BCUT2D eigenvalue weighted by Gasteiger charge is 2.04. The maximum Gasteiger partial charge on any atom is 0.221 e. The van der Waals surface area contributed by atoms with Gasteiger partial charge in [-0.15, -0.1) is 0 Å². The van der Waals surface area contributed by atoms with Gasteiger partial charge in [-0.2, -0.15) is 4.98 Å². The molecule has 5 heteroatoms. The van der Waals surface area contributed by atoms with Crippen molar-refractivity contribution in [2.24, 2.45) is 0 Å². The van der Waals surface area contributed by atoms with E-state index in [2.05, 4.69) is 19.9 Å². The second kappa shape index (κ2) is 2.41. The lowest BCUT2D eigenvalue weighted by Gasteiger charge is -1.90. The number of pyridine rings is 1. The Morgan fingerprint density at radius 1 is 1.21 bits per heavy atom. The lowest BCUT2D eigenvalue weighted by atomic mass is 10.2. The van der Waals surface area contributed by atoms with Crippen molar-refractivity contribution in [1.82, 2.24) is 19.9 Å². The molecule has 0 aliphatic carbocycles. The van der Waals surface area contributed by atoms with E-state index in [0.29, 0.717) is 0 Å². The summed E-state index contributed by atoms with van der Waals surface area (Å²) in [5, 5.41) is 2.03. The topological polar surface area (TPSA) is 80.5 Å². The third-order valence-corrected chi connectivity index (χ3v) is 2.17. The van der Waals surface area contributed by atoms with Crippen molar-refractivity contribution in [3.63, 3.8) is 0 Å². The molecule has 0 amide bonds. The predicted molar refractivity (Wildman–Crippen MR) is 53.6 cm³/mol. The van der Waals surface area contributed by atoms with Gasteiger partial charge in [0.1, 0.15) is 5.65 Å². The lowest BCUT2D eigenvalue weighted by molar-refractivity contribution is 1.22. The molecular weight excluding hydrogens is 178 g/mol. The Balaban J connectivity index is 2.57. The van der Waals surface area contributed by atoms with Gasteiger partial charge in [0.15, 0.2) is 0 Å². The normalized spacial score (nSPS) is 11.1. The van der Waals surface area contributed by atoms with Gasteiger partial charge in [-0.25, -0.2) is 4.98 Å². The van der Waals surface area contributed by atoms with Crippen molar-refractivity contribution >= 4 is 27.9 Å². The molecule has 5 nitrogen and oxygen atoms in total. The highest BCUT2D eigenvalue weighted by Crippen LogP contribution is 2.22. The molecule has 0 fully saturated rings. The molecular formula is C9H7N5. The van der Waals surface area contributed by atoms with Gasteiger partial charge in [0, 0.05) is 23.2 Å². The van der Waals surface area contributed by atoms with E-state index < -0.39 is 0 Å². The van der Waals surface area contributed by atoms with Gasteiger partial charge in [-0.1, -0.05) is 0 Å². The Hall–Kier alpha value is -2.17. The van der Waals surface area contributed by atoms with Gasteiger partial charge in [0.2, 0.25) is 5.95 Å².